The Balaban J connectivity index is 1.62. The summed E-state index contributed by atoms with van der Waals surface area (Å²) >= 11 is 0. The van der Waals surface area contributed by atoms with Gasteiger partial charge in [-0.1, -0.05) is 12.1 Å². The molecular formula is C21H23NO5. The SMILES string of the molecule is COc1ccc([C@@H](C)OC(=O)[C@H]2CC(=O)N(c3ccc(OC)cc3)C2)cc1. The minimum atomic E-state index is -0.472. The molecule has 1 aliphatic heterocycles. The molecule has 0 aliphatic carbocycles. The molecule has 6 heteroatoms. The zero-order valence-electron chi connectivity index (χ0n) is 15.7. The lowest BCUT2D eigenvalue weighted by atomic mass is 10.1. The maximum atomic E-state index is 12.5. The molecular weight excluding hydrogens is 346 g/mol. The maximum absolute atomic E-state index is 12.5. The third kappa shape index (κ3) is 4.22. The molecule has 1 fully saturated rings. The van der Waals surface area contributed by atoms with Crippen LogP contribution in [0.25, 0.3) is 0 Å². The number of rotatable bonds is 6. The standard InChI is InChI=1S/C21H23NO5/c1-14(15-4-8-18(25-2)9-5-15)27-21(24)16-12-20(23)22(13-16)17-6-10-19(26-3)11-7-17/h4-11,14,16H,12-13H2,1-3H3/t14-,16+/m1/s1. The number of anilines is 1. The van der Waals surface area contributed by atoms with Gasteiger partial charge in [0.1, 0.15) is 17.6 Å². The van der Waals surface area contributed by atoms with E-state index in [1.54, 1.807) is 31.3 Å². The van der Waals surface area contributed by atoms with Crippen molar-refractivity contribution < 1.29 is 23.8 Å². The van der Waals surface area contributed by atoms with Crippen LogP contribution in [0.2, 0.25) is 0 Å². The zero-order valence-corrected chi connectivity index (χ0v) is 15.7. The quantitative estimate of drug-likeness (QED) is 0.731. The van der Waals surface area contributed by atoms with Gasteiger partial charge in [-0.3, -0.25) is 9.59 Å². The Morgan fingerprint density at radius 2 is 1.56 bits per heavy atom. The number of nitrogens with zero attached hydrogens (tertiary/aromatic N) is 1. The van der Waals surface area contributed by atoms with Crippen molar-refractivity contribution in [1.29, 1.82) is 0 Å². The second-order valence-corrected chi connectivity index (χ2v) is 6.46. The normalized spacial score (nSPS) is 17.5. The Bertz CT molecular complexity index is 800. The van der Waals surface area contributed by atoms with E-state index in [1.165, 1.54) is 0 Å². The number of esters is 1. The van der Waals surface area contributed by atoms with Gasteiger partial charge in [-0.25, -0.2) is 0 Å². The third-order valence-electron chi connectivity index (χ3n) is 4.72. The lowest BCUT2D eigenvalue weighted by Gasteiger charge is -2.18. The fourth-order valence-electron chi connectivity index (χ4n) is 3.09. The summed E-state index contributed by atoms with van der Waals surface area (Å²) in [6.45, 7) is 2.14. The highest BCUT2D eigenvalue weighted by molar-refractivity contribution is 5.99. The van der Waals surface area contributed by atoms with Gasteiger partial charge in [0.15, 0.2) is 0 Å². The van der Waals surface area contributed by atoms with Gasteiger partial charge in [-0.2, -0.15) is 0 Å². The first-order valence-electron chi connectivity index (χ1n) is 8.80. The minimum Gasteiger partial charge on any atom is -0.497 e. The van der Waals surface area contributed by atoms with Gasteiger partial charge >= 0.3 is 5.97 Å². The highest BCUT2D eigenvalue weighted by Crippen LogP contribution is 2.29. The molecule has 0 unspecified atom stereocenters. The fraction of sp³-hybridized carbons (Fsp3) is 0.333. The van der Waals surface area contributed by atoms with Crippen LogP contribution in [0.5, 0.6) is 11.5 Å². The van der Waals surface area contributed by atoms with Crippen molar-refractivity contribution in [2.24, 2.45) is 5.92 Å². The van der Waals surface area contributed by atoms with E-state index in [4.69, 9.17) is 14.2 Å². The molecule has 27 heavy (non-hydrogen) atoms. The van der Waals surface area contributed by atoms with Crippen LogP contribution in [0.3, 0.4) is 0 Å². The summed E-state index contributed by atoms with van der Waals surface area (Å²) in [5.74, 6) is 0.547. The molecule has 2 atom stereocenters. The van der Waals surface area contributed by atoms with Crippen molar-refractivity contribution in [1.82, 2.24) is 0 Å². The van der Waals surface area contributed by atoms with Crippen LogP contribution >= 0.6 is 0 Å². The molecule has 3 rings (SSSR count). The van der Waals surface area contributed by atoms with Crippen LogP contribution in [0, 0.1) is 5.92 Å². The molecule has 0 spiro atoms. The van der Waals surface area contributed by atoms with E-state index in [2.05, 4.69) is 0 Å². The first kappa shape index (κ1) is 18.8. The second kappa shape index (κ2) is 8.12. The molecule has 0 aromatic heterocycles. The first-order chi connectivity index (χ1) is 13.0. The average Bonchev–Trinajstić information content (AvgIpc) is 3.10. The van der Waals surface area contributed by atoms with E-state index in [0.29, 0.717) is 6.54 Å². The molecule has 2 aromatic rings. The molecule has 1 amide bonds. The third-order valence-corrected chi connectivity index (χ3v) is 4.72. The van der Waals surface area contributed by atoms with E-state index < -0.39 is 12.0 Å². The molecule has 6 nitrogen and oxygen atoms in total. The second-order valence-electron chi connectivity index (χ2n) is 6.46. The predicted molar refractivity (Wildman–Crippen MR) is 101 cm³/mol. The first-order valence-corrected chi connectivity index (χ1v) is 8.80. The minimum absolute atomic E-state index is 0.0841. The van der Waals surface area contributed by atoms with Crippen molar-refractivity contribution in [3.8, 4) is 11.5 Å². The van der Waals surface area contributed by atoms with Crippen molar-refractivity contribution in [2.75, 3.05) is 25.7 Å². The smallest absolute Gasteiger partial charge is 0.311 e. The predicted octanol–water partition coefficient (Wildman–Crippen LogP) is 3.36. The Hall–Kier alpha value is -3.02. The summed E-state index contributed by atoms with van der Waals surface area (Å²) in [6.07, 6.45) is -0.242. The molecule has 0 N–H and O–H groups in total. The number of hydrogen-bond acceptors (Lipinski definition) is 5. The van der Waals surface area contributed by atoms with Gasteiger partial charge in [0.05, 0.1) is 20.1 Å². The van der Waals surface area contributed by atoms with E-state index in [0.717, 1.165) is 22.7 Å². The fourth-order valence-corrected chi connectivity index (χ4v) is 3.09. The number of hydrogen-bond donors (Lipinski definition) is 0. The number of carbonyl (C=O) groups excluding carboxylic acids is 2. The van der Waals surface area contributed by atoms with Crippen molar-refractivity contribution in [3.05, 3.63) is 54.1 Å². The highest BCUT2D eigenvalue weighted by atomic mass is 16.5. The van der Waals surface area contributed by atoms with Gasteiger partial charge < -0.3 is 19.1 Å². The summed E-state index contributed by atoms with van der Waals surface area (Å²) in [5, 5.41) is 0. The van der Waals surface area contributed by atoms with Gasteiger partial charge in [-0.15, -0.1) is 0 Å². The molecule has 142 valence electrons. The van der Waals surface area contributed by atoms with Gasteiger partial charge in [0.2, 0.25) is 5.91 Å². The van der Waals surface area contributed by atoms with Crippen LogP contribution in [0.1, 0.15) is 25.0 Å². The summed E-state index contributed by atoms with van der Waals surface area (Å²) in [4.78, 5) is 26.5. The molecule has 1 saturated heterocycles. The Kier molecular flexibility index (Phi) is 5.64. The average molecular weight is 369 g/mol. The van der Waals surface area contributed by atoms with Crippen LogP contribution < -0.4 is 14.4 Å². The van der Waals surface area contributed by atoms with Crippen molar-refractivity contribution in [2.45, 2.75) is 19.4 Å². The van der Waals surface area contributed by atoms with E-state index >= 15 is 0 Å². The number of methoxy groups -OCH3 is 2. The summed E-state index contributed by atoms with van der Waals surface area (Å²) in [6, 6.07) is 14.6. The monoisotopic (exact) mass is 369 g/mol. The molecule has 0 bridgehead atoms. The van der Waals surface area contributed by atoms with Crippen LogP contribution in [0.4, 0.5) is 5.69 Å². The van der Waals surface area contributed by atoms with Gasteiger partial charge in [0, 0.05) is 18.7 Å². The summed E-state index contributed by atoms with van der Waals surface area (Å²) < 4.78 is 15.9. The number of amides is 1. The van der Waals surface area contributed by atoms with Gasteiger partial charge in [-0.05, 0) is 48.9 Å². The van der Waals surface area contributed by atoms with E-state index in [1.807, 2.05) is 43.3 Å². The topological polar surface area (TPSA) is 65.1 Å². The van der Waals surface area contributed by atoms with Crippen molar-refractivity contribution >= 4 is 17.6 Å². The number of ether oxygens (including phenoxy) is 3. The Morgan fingerprint density at radius 1 is 1.00 bits per heavy atom. The van der Waals surface area contributed by atoms with Crippen LogP contribution in [-0.2, 0) is 14.3 Å². The van der Waals surface area contributed by atoms with E-state index in [9.17, 15) is 9.59 Å². The lowest BCUT2D eigenvalue weighted by molar-refractivity contribution is -0.153. The number of carbonyl (C=O) groups is 2. The molecule has 2 aromatic carbocycles. The lowest BCUT2D eigenvalue weighted by Crippen LogP contribution is -2.26. The largest absolute Gasteiger partial charge is 0.497 e. The van der Waals surface area contributed by atoms with E-state index in [-0.39, 0.29) is 18.3 Å². The Morgan fingerprint density at radius 3 is 2.11 bits per heavy atom. The molecule has 0 saturated carbocycles. The van der Waals surface area contributed by atoms with Gasteiger partial charge in [0.25, 0.3) is 0 Å². The Labute approximate surface area is 158 Å². The molecule has 0 radical (unpaired) electrons. The zero-order chi connectivity index (χ0) is 19.4. The van der Waals surface area contributed by atoms with Crippen LogP contribution in [-0.4, -0.2) is 32.6 Å². The molecule has 1 heterocycles. The maximum Gasteiger partial charge on any atom is 0.311 e. The summed E-state index contributed by atoms with van der Waals surface area (Å²) in [7, 11) is 3.19. The molecule has 1 aliphatic rings. The highest BCUT2D eigenvalue weighted by Gasteiger charge is 2.36. The van der Waals surface area contributed by atoms with Crippen molar-refractivity contribution in [3.63, 3.8) is 0 Å². The summed E-state index contributed by atoms with van der Waals surface area (Å²) in [5.41, 5.74) is 1.62. The van der Waals surface area contributed by atoms with Crippen LogP contribution in [0.15, 0.2) is 48.5 Å². The number of benzene rings is 2.